The Hall–Kier alpha value is -0.860. The second-order valence-electron chi connectivity index (χ2n) is 6.88. The second-order valence-corrected chi connectivity index (χ2v) is 6.88. The van der Waals surface area contributed by atoms with Gasteiger partial charge in [0.2, 0.25) is 0 Å². The number of benzene rings is 1. The van der Waals surface area contributed by atoms with Gasteiger partial charge in [-0.3, -0.25) is 0 Å². The lowest BCUT2D eigenvalue weighted by atomic mass is 9.78. The van der Waals surface area contributed by atoms with Gasteiger partial charge >= 0.3 is 0 Å². The highest BCUT2D eigenvalue weighted by Gasteiger charge is 2.29. The SMILES string of the molecule is CCCNC(CN1CCC(C)(CC)CC1)c1ccccc1. The molecule has 0 saturated carbocycles. The Morgan fingerprint density at radius 3 is 2.38 bits per heavy atom. The fourth-order valence-electron chi connectivity index (χ4n) is 3.18. The summed E-state index contributed by atoms with van der Waals surface area (Å²) in [6.07, 6.45) is 5.20. The molecule has 1 unspecified atom stereocenters. The third kappa shape index (κ3) is 4.82. The number of nitrogens with zero attached hydrogens (tertiary/aromatic N) is 1. The van der Waals surface area contributed by atoms with E-state index in [0.29, 0.717) is 11.5 Å². The number of piperidine rings is 1. The van der Waals surface area contributed by atoms with E-state index in [2.05, 4.69) is 61.3 Å². The van der Waals surface area contributed by atoms with Crippen LogP contribution in [0.3, 0.4) is 0 Å². The van der Waals surface area contributed by atoms with Crippen molar-refractivity contribution in [2.75, 3.05) is 26.2 Å². The minimum atomic E-state index is 0.470. The van der Waals surface area contributed by atoms with Crippen LogP contribution in [-0.2, 0) is 0 Å². The molecule has 1 aromatic carbocycles. The fourth-order valence-corrected chi connectivity index (χ4v) is 3.18. The summed E-state index contributed by atoms with van der Waals surface area (Å²) in [6.45, 7) is 11.8. The largest absolute Gasteiger partial charge is 0.309 e. The van der Waals surface area contributed by atoms with Crippen LogP contribution in [0.5, 0.6) is 0 Å². The molecule has 0 bridgehead atoms. The van der Waals surface area contributed by atoms with Crippen molar-refractivity contribution in [3.8, 4) is 0 Å². The van der Waals surface area contributed by atoms with Gasteiger partial charge in [-0.25, -0.2) is 0 Å². The number of rotatable bonds is 7. The fraction of sp³-hybridized carbons (Fsp3) is 0.684. The monoisotopic (exact) mass is 288 g/mol. The van der Waals surface area contributed by atoms with E-state index in [1.165, 1.54) is 44.3 Å². The maximum atomic E-state index is 3.73. The highest BCUT2D eigenvalue weighted by atomic mass is 15.2. The summed E-state index contributed by atoms with van der Waals surface area (Å²) in [7, 11) is 0. The summed E-state index contributed by atoms with van der Waals surface area (Å²) in [6, 6.07) is 11.4. The molecule has 2 heteroatoms. The molecule has 1 saturated heterocycles. The van der Waals surface area contributed by atoms with Crippen molar-refractivity contribution < 1.29 is 0 Å². The van der Waals surface area contributed by atoms with Crippen LogP contribution in [0.15, 0.2) is 30.3 Å². The minimum absolute atomic E-state index is 0.470. The molecule has 1 aliphatic rings. The molecule has 118 valence electrons. The Morgan fingerprint density at radius 2 is 1.81 bits per heavy atom. The van der Waals surface area contributed by atoms with Crippen molar-refractivity contribution in [3.05, 3.63) is 35.9 Å². The van der Waals surface area contributed by atoms with Gasteiger partial charge in [-0.1, -0.05) is 57.5 Å². The van der Waals surface area contributed by atoms with E-state index in [9.17, 15) is 0 Å². The van der Waals surface area contributed by atoms with Crippen molar-refractivity contribution >= 4 is 0 Å². The molecule has 2 nitrogen and oxygen atoms in total. The number of nitrogens with one attached hydrogen (secondary N) is 1. The van der Waals surface area contributed by atoms with E-state index < -0.39 is 0 Å². The lowest BCUT2D eigenvalue weighted by Crippen LogP contribution is -2.42. The molecule has 0 aromatic heterocycles. The van der Waals surface area contributed by atoms with Gasteiger partial charge < -0.3 is 10.2 Å². The van der Waals surface area contributed by atoms with Gasteiger partial charge in [0.05, 0.1) is 0 Å². The van der Waals surface area contributed by atoms with Crippen LogP contribution in [0.2, 0.25) is 0 Å². The van der Waals surface area contributed by atoms with E-state index in [4.69, 9.17) is 0 Å². The second kappa shape index (κ2) is 7.95. The predicted molar refractivity (Wildman–Crippen MR) is 91.5 cm³/mol. The summed E-state index contributed by atoms with van der Waals surface area (Å²) >= 11 is 0. The summed E-state index contributed by atoms with van der Waals surface area (Å²) in [4.78, 5) is 2.65. The Labute approximate surface area is 130 Å². The first-order valence-electron chi connectivity index (χ1n) is 8.67. The quantitative estimate of drug-likeness (QED) is 0.807. The van der Waals surface area contributed by atoms with Crippen LogP contribution in [0.25, 0.3) is 0 Å². The summed E-state index contributed by atoms with van der Waals surface area (Å²) in [5, 5.41) is 3.73. The average Bonchev–Trinajstić information content (AvgIpc) is 2.54. The normalized spacial score (nSPS) is 20.3. The first kappa shape index (κ1) is 16.5. The van der Waals surface area contributed by atoms with E-state index in [0.717, 1.165) is 13.1 Å². The third-order valence-corrected chi connectivity index (χ3v) is 5.20. The number of likely N-dealkylation sites (tertiary alicyclic amines) is 1. The Morgan fingerprint density at radius 1 is 1.14 bits per heavy atom. The lowest BCUT2D eigenvalue weighted by Gasteiger charge is -2.40. The summed E-state index contributed by atoms with van der Waals surface area (Å²) < 4.78 is 0. The van der Waals surface area contributed by atoms with Gasteiger partial charge in [0.25, 0.3) is 0 Å². The van der Waals surface area contributed by atoms with Crippen molar-refractivity contribution in [1.29, 1.82) is 0 Å². The average molecular weight is 288 g/mol. The molecule has 0 spiro atoms. The molecule has 21 heavy (non-hydrogen) atoms. The van der Waals surface area contributed by atoms with Gasteiger partial charge in [0.1, 0.15) is 0 Å². The van der Waals surface area contributed by atoms with Crippen LogP contribution in [0, 0.1) is 5.41 Å². The highest BCUT2D eigenvalue weighted by Crippen LogP contribution is 2.34. The molecule has 0 radical (unpaired) electrons. The summed E-state index contributed by atoms with van der Waals surface area (Å²) in [5.74, 6) is 0. The highest BCUT2D eigenvalue weighted by molar-refractivity contribution is 5.19. The van der Waals surface area contributed by atoms with Crippen LogP contribution in [-0.4, -0.2) is 31.1 Å². The molecule has 1 heterocycles. The van der Waals surface area contributed by atoms with Gasteiger partial charge in [0.15, 0.2) is 0 Å². The van der Waals surface area contributed by atoms with E-state index in [-0.39, 0.29) is 0 Å². The molecule has 1 aromatic rings. The number of hydrogen-bond acceptors (Lipinski definition) is 2. The lowest BCUT2D eigenvalue weighted by molar-refractivity contribution is 0.106. The van der Waals surface area contributed by atoms with Crippen LogP contribution < -0.4 is 5.32 Å². The molecule has 1 atom stereocenters. The van der Waals surface area contributed by atoms with Crippen molar-refractivity contribution in [2.45, 2.75) is 52.5 Å². The third-order valence-electron chi connectivity index (χ3n) is 5.20. The molecule has 1 fully saturated rings. The van der Waals surface area contributed by atoms with E-state index in [1.54, 1.807) is 0 Å². The molecular formula is C19H32N2. The Kier molecular flexibility index (Phi) is 6.25. The van der Waals surface area contributed by atoms with Crippen molar-refractivity contribution in [3.63, 3.8) is 0 Å². The van der Waals surface area contributed by atoms with Crippen molar-refractivity contribution in [2.24, 2.45) is 5.41 Å². The zero-order chi connectivity index (χ0) is 15.1. The van der Waals surface area contributed by atoms with Crippen LogP contribution >= 0.6 is 0 Å². The Balaban J connectivity index is 1.93. The molecule has 0 amide bonds. The maximum absolute atomic E-state index is 3.73. The zero-order valence-electron chi connectivity index (χ0n) is 14.1. The first-order valence-corrected chi connectivity index (χ1v) is 8.67. The first-order chi connectivity index (χ1) is 10.2. The summed E-state index contributed by atoms with van der Waals surface area (Å²) in [5.41, 5.74) is 2.00. The molecule has 0 aliphatic carbocycles. The number of hydrogen-bond donors (Lipinski definition) is 1. The van der Waals surface area contributed by atoms with Gasteiger partial charge in [-0.2, -0.15) is 0 Å². The molecule has 2 rings (SSSR count). The van der Waals surface area contributed by atoms with E-state index in [1.807, 2.05) is 0 Å². The van der Waals surface area contributed by atoms with Crippen molar-refractivity contribution in [1.82, 2.24) is 10.2 Å². The van der Waals surface area contributed by atoms with Gasteiger partial charge in [-0.15, -0.1) is 0 Å². The van der Waals surface area contributed by atoms with Gasteiger partial charge in [0, 0.05) is 12.6 Å². The molecule has 1 aliphatic heterocycles. The minimum Gasteiger partial charge on any atom is -0.309 e. The standard InChI is InChI=1S/C19H32N2/c1-4-13-20-18(17-9-7-6-8-10-17)16-21-14-11-19(3,5-2)12-15-21/h6-10,18,20H,4-5,11-16H2,1-3H3. The van der Waals surface area contributed by atoms with E-state index >= 15 is 0 Å². The van der Waals surface area contributed by atoms with Crippen LogP contribution in [0.4, 0.5) is 0 Å². The smallest absolute Gasteiger partial charge is 0.0449 e. The Bertz CT molecular complexity index is 393. The molecule has 1 N–H and O–H groups in total. The predicted octanol–water partition coefficient (Wildman–Crippen LogP) is 4.24. The topological polar surface area (TPSA) is 15.3 Å². The maximum Gasteiger partial charge on any atom is 0.0449 e. The van der Waals surface area contributed by atoms with Gasteiger partial charge in [-0.05, 0) is 49.9 Å². The zero-order valence-corrected chi connectivity index (χ0v) is 14.1. The molecular weight excluding hydrogens is 256 g/mol. The van der Waals surface area contributed by atoms with Crippen LogP contribution in [0.1, 0.15) is 58.1 Å².